The van der Waals surface area contributed by atoms with Crippen LogP contribution < -0.4 is 0 Å². The molecule has 1 fully saturated rings. The van der Waals surface area contributed by atoms with Gasteiger partial charge in [0.1, 0.15) is 0 Å². The lowest BCUT2D eigenvalue weighted by molar-refractivity contribution is 0.154. The van der Waals surface area contributed by atoms with Crippen LogP contribution in [0.1, 0.15) is 17.7 Å². The van der Waals surface area contributed by atoms with Gasteiger partial charge in [-0.3, -0.25) is 4.90 Å². The van der Waals surface area contributed by atoms with Gasteiger partial charge in [-0.05, 0) is 47.4 Å². The summed E-state index contributed by atoms with van der Waals surface area (Å²) in [5.41, 5.74) is 0. The first-order chi connectivity index (χ1) is 6.79. The molecule has 0 saturated carbocycles. The highest BCUT2D eigenvalue weighted by atomic mass is 79.9. The van der Waals surface area contributed by atoms with E-state index in [1.54, 1.807) is 11.3 Å². The van der Waals surface area contributed by atoms with Crippen molar-refractivity contribution in [2.45, 2.75) is 25.4 Å². The third-order valence-corrected chi connectivity index (χ3v) is 4.31. The predicted molar refractivity (Wildman–Crippen MR) is 62.5 cm³/mol. The number of aliphatic hydroxyl groups excluding tert-OH is 1. The van der Waals surface area contributed by atoms with Crippen LogP contribution >= 0.6 is 27.3 Å². The summed E-state index contributed by atoms with van der Waals surface area (Å²) in [6, 6.07) is 4.63. The Morgan fingerprint density at radius 2 is 2.43 bits per heavy atom. The van der Waals surface area contributed by atoms with Crippen LogP contribution in [0, 0.1) is 0 Å². The van der Waals surface area contributed by atoms with Crippen LogP contribution in [0.2, 0.25) is 0 Å². The van der Waals surface area contributed by atoms with Crippen molar-refractivity contribution in [3.8, 4) is 0 Å². The number of rotatable bonds is 3. The summed E-state index contributed by atoms with van der Waals surface area (Å²) in [6.07, 6.45) is 2.36. The van der Waals surface area contributed by atoms with E-state index in [0.29, 0.717) is 12.6 Å². The first-order valence-corrected chi connectivity index (χ1v) is 6.49. The molecule has 1 aromatic heterocycles. The van der Waals surface area contributed by atoms with E-state index < -0.39 is 0 Å². The van der Waals surface area contributed by atoms with E-state index in [9.17, 15) is 5.11 Å². The van der Waals surface area contributed by atoms with Crippen molar-refractivity contribution in [1.29, 1.82) is 0 Å². The molecule has 1 N–H and O–H groups in total. The van der Waals surface area contributed by atoms with Crippen molar-refractivity contribution in [3.05, 3.63) is 20.8 Å². The minimum atomic E-state index is 0.298. The molecular weight excluding hydrogens is 262 g/mol. The fourth-order valence-electron chi connectivity index (χ4n) is 1.95. The molecule has 0 spiro atoms. The fraction of sp³-hybridized carbons (Fsp3) is 0.600. The van der Waals surface area contributed by atoms with Crippen LogP contribution in [-0.2, 0) is 6.54 Å². The third kappa shape index (κ3) is 2.37. The Balaban J connectivity index is 1.96. The minimum absolute atomic E-state index is 0.298. The van der Waals surface area contributed by atoms with Crippen LogP contribution in [0.15, 0.2) is 15.9 Å². The van der Waals surface area contributed by atoms with Crippen LogP contribution in [0.3, 0.4) is 0 Å². The number of likely N-dealkylation sites (tertiary alicyclic amines) is 1. The number of hydrogen-bond donors (Lipinski definition) is 1. The molecule has 0 amide bonds. The second-order valence-electron chi connectivity index (χ2n) is 3.65. The summed E-state index contributed by atoms with van der Waals surface area (Å²) in [7, 11) is 0. The highest BCUT2D eigenvalue weighted by Crippen LogP contribution is 2.26. The maximum Gasteiger partial charge on any atom is 0.0701 e. The molecule has 0 radical (unpaired) electrons. The summed E-state index contributed by atoms with van der Waals surface area (Å²) in [5.74, 6) is 0. The maximum atomic E-state index is 9.17. The van der Waals surface area contributed by atoms with Gasteiger partial charge in [-0.15, -0.1) is 11.3 Å². The molecule has 1 saturated heterocycles. The van der Waals surface area contributed by atoms with Crippen molar-refractivity contribution in [1.82, 2.24) is 4.90 Å². The van der Waals surface area contributed by atoms with E-state index in [1.807, 2.05) is 0 Å². The largest absolute Gasteiger partial charge is 0.395 e. The molecule has 0 aliphatic carbocycles. The monoisotopic (exact) mass is 275 g/mol. The molecular formula is C10H14BrNOS. The fourth-order valence-corrected chi connectivity index (χ4v) is 3.46. The van der Waals surface area contributed by atoms with Crippen LogP contribution in [-0.4, -0.2) is 29.2 Å². The number of nitrogens with zero attached hydrogens (tertiary/aromatic N) is 1. The molecule has 1 atom stereocenters. The zero-order chi connectivity index (χ0) is 9.97. The lowest BCUT2D eigenvalue weighted by Crippen LogP contribution is -2.31. The summed E-state index contributed by atoms with van der Waals surface area (Å²) >= 11 is 5.24. The topological polar surface area (TPSA) is 23.5 Å². The molecule has 2 heterocycles. The Labute approximate surface area is 96.7 Å². The van der Waals surface area contributed by atoms with Gasteiger partial charge >= 0.3 is 0 Å². The normalized spacial score (nSPS) is 23.1. The lowest BCUT2D eigenvalue weighted by Gasteiger charge is -2.21. The van der Waals surface area contributed by atoms with Crippen LogP contribution in [0.25, 0.3) is 0 Å². The summed E-state index contributed by atoms with van der Waals surface area (Å²) in [5, 5.41) is 9.17. The van der Waals surface area contributed by atoms with E-state index in [-0.39, 0.29) is 0 Å². The zero-order valence-corrected chi connectivity index (χ0v) is 10.4. The smallest absolute Gasteiger partial charge is 0.0701 e. The van der Waals surface area contributed by atoms with Crippen LogP contribution in [0.5, 0.6) is 0 Å². The first kappa shape index (κ1) is 10.6. The van der Waals surface area contributed by atoms with Gasteiger partial charge in [0.15, 0.2) is 0 Å². The molecule has 2 rings (SSSR count). The van der Waals surface area contributed by atoms with Crippen molar-refractivity contribution in [3.63, 3.8) is 0 Å². The second-order valence-corrected chi connectivity index (χ2v) is 6.20. The van der Waals surface area contributed by atoms with Gasteiger partial charge in [0.05, 0.1) is 10.4 Å². The Morgan fingerprint density at radius 3 is 3.07 bits per heavy atom. The predicted octanol–water partition coefficient (Wildman–Crippen LogP) is 2.47. The van der Waals surface area contributed by atoms with Gasteiger partial charge in [0, 0.05) is 17.5 Å². The van der Waals surface area contributed by atoms with Crippen molar-refractivity contribution in [2.24, 2.45) is 0 Å². The molecule has 78 valence electrons. The molecule has 2 nitrogen and oxygen atoms in total. The number of halogens is 1. The summed E-state index contributed by atoms with van der Waals surface area (Å²) in [6.45, 7) is 2.41. The minimum Gasteiger partial charge on any atom is -0.395 e. The van der Waals surface area contributed by atoms with Gasteiger partial charge in [-0.25, -0.2) is 0 Å². The van der Waals surface area contributed by atoms with Crippen molar-refractivity contribution < 1.29 is 5.11 Å². The van der Waals surface area contributed by atoms with E-state index in [0.717, 1.165) is 19.5 Å². The van der Waals surface area contributed by atoms with E-state index in [4.69, 9.17) is 0 Å². The highest BCUT2D eigenvalue weighted by molar-refractivity contribution is 9.11. The second kappa shape index (κ2) is 4.75. The molecule has 14 heavy (non-hydrogen) atoms. The Bertz CT molecular complexity index is 302. The maximum absolute atomic E-state index is 9.17. The van der Waals surface area contributed by atoms with E-state index >= 15 is 0 Å². The van der Waals surface area contributed by atoms with Gasteiger partial charge in [-0.2, -0.15) is 0 Å². The van der Waals surface area contributed by atoms with Gasteiger partial charge < -0.3 is 5.11 Å². The van der Waals surface area contributed by atoms with Crippen LogP contribution in [0.4, 0.5) is 0 Å². The summed E-state index contributed by atoms with van der Waals surface area (Å²) in [4.78, 5) is 3.75. The average molecular weight is 276 g/mol. The Hall–Kier alpha value is 0.1000. The molecule has 0 aromatic carbocycles. The third-order valence-electron chi connectivity index (χ3n) is 2.70. The van der Waals surface area contributed by atoms with Gasteiger partial charge in [0.25, 0.3) is 0 Å². The van der Waals surface area contributed by atoms with E-state index in [2.05, 4.69) is 33.0 Å². The number of hydrogen-bond acceptors (Lipinski definition) is 3. The SMILES string of the molecule is OC[C@@H]1CCCN1Cc1ccc(Br)s1. The van der Waals surface area contributed by atoms with E-state index in [1.165, 1.54) is 15.1 Å². The average Bonchev–Trinajstić information content (AvgIpc) is 2.76. The zero-order valence-electron chi connectivity index (χ0n) is 7.95. The molecule has 1 aromatic rings. The molecule has 0 unspecified atom stereocenters. The van der Waals surface area contributed by atoms with Gasteiger partial charge in [0.2, 0.25) is 0 Å². The Morgan fingerprint density at radius 1 is 1.57 bits per heavy atom. The molecule has 1 aliphatic rings. The molecule has 1 aliphatic heterocycles. The van der Waals surface area contributed by atoms with Gasteiger partial charge in [-0.1, -0.05) is 0 Å². The lowest BCUT2D eigenvalue weighted by atomic mass is 10.2. The number of aliphatic hydroxyl groups is 1. The highest BCUT2D eigenvalue weighted by Gasteiger charge is 2.23. The summed E-state index contributed by atoms with van der Waals surface area (Å²) < 4.78 is 1.19. The standard InChI is InChI=1S/C10H14BrNOS/c11-10-4-3-9(14-10)6-12-5-1-2-8(12)7-13/h3-4,8,13H,1-2,5-7H2/t8-/m0/s1. The Kier molecular flexibility index (Phi) is 3.60. The molecule has 0 bridgehead atoms. The van der Waals surface area contributed by atoms with Crippen molar-refractivity contribution in [2.75, 3.05) is 13.2 Å². The number of thiophene rings is 1. The first-order valence-electron chi connectivity index (χ1n) is 4.88. The quantitative estimate of drug-likeness (QED) is 0.916. The van der Waals surface area contributed by atoms with Crippen molar-refractivity contribution >= 4 is 27.3 Å². The molecule has 4 heteroatoms.